The molecule has 0 atom stereocenters. The molecule has 0 aliphatic carbocycles. The predicted molar refractivity (Wildman–Crippen MR) is 86.9 cm³/mol. The fourth-order valence-electron chi connectivity index (χ4n) is 2.68. The molecular formula is C19H25N. The van der Waals surface area contributed by atoms with Gasteiger partial charge in [-0.25, -0.2) is 0 Å². The van der Waals surface area contributed by atoms with Crippen molar-refractivity contribution in [2.24, 2.45) is 0 Å². The molecule has 0 aromatic heterocycles. The van der Waals surface area contributed by atoms with E-state index >= 15 is 0 Å². The third kappa shape index (κ3) is 3.94. The zero-order valence-corrected chi connectivity index (χ0v) is 13.1. The van der Waals surface area contributed by atoms with Crippen molar-refractivity contribution in [3.8, 4) is 0 Å². The molecule has 0 heterocycles. The van der Waals surface area contributed by atoms with Gasteiger partial charge in [-0.2, -0.15) is 0 Å². The van der Waals surface area contributed by atoms with Gasteiger partial charge in [-0.1, -0.05) is 67.9 Å². The SMILES string of the molecule is Cc1ccc(C(C)C)c(CN(C)Cc2ccccc2)c1. The molecule has 2 rings (SSSR count). The molecule has 106 valence electrons. The van der Waals surface area contributed by atoms with Crippen molar-refractivity contribution < 1.29 is 0 Å². The number of benzene rings is 2. The fourth-order valence-corrected chi connectivity index (χ4v) is 2.68. The molecule has 0 unspecified atom stereocenters. The summed E-state index contributed by atoms with van der Waals surface area (Å²) in [5.41, 5.74) is 5.64. The van der Waals surface area contributed by atoms with Crippen molar-refractivity contribution in [3.05, 3.63) is 70.8 Å². The smallest absolute Gasteiger partial charge is 0.0237 e. The summed E-state index contributed by atoms with van der Waals surface area (Å²) in [7, 11) is 2.19. The topological polar surface area (TPSA) is 3.24 Å². The third-order valence-electron chi connectivity index (χ3n) is 3.66. The van der Waals surface area contributed by atoms with Crippen LogP contribution in [0.1, 0.15) is 42.0 Å². The molecule has 2 aromatic rings. The third-order valence-corrected chi connectivity index (χ3v) is 3.66. The van der Waals surface area contributed by atoms with Crippen LogP contribution in [-0.2, 0) is 13.1 Å². The summed E-state index contributed by atoms with van der Waals surface area (Å²) < 4.78 is 0. The second-order valence-electron chi connectivity index (χ2n) is 6.01. The molecule has 0 aliphatic heterocycles. The lowest BCUT2D eigenvalue weighted by atomic mass is 9.95. The van der Waals surface area contributed by atoms with Crippen molar-refractivity contribution in [1.29, 1.82) is 0 Å². The molecule has 0 bridgehead atoms. The second kappa shape index (κ2) is 6.71. The highest BCUT2D eigenvalue weighted by molar-refractivity contribution is 5.33. The number of hydrogen-bond donors (Lipinski definition) is 0. The van der Waals surface area contributed by atoms with Gasteiger partial charge in [0.05, 0.1) is 0 Å². The minimum Gasteiger partial charge on any atom is -0.298 e. The summed E-state index contributed by atoms with van der Waals surface area (Å²) >= 11 is 0. The van der Waals surface area contributed by atoms with E-state index in [-0.39, 0.29) is 0 Å². The van der Waals surface area contributed by atoms with Gasteiger partial charge in [-0.3, -0.25) is 4.90 Å². The van der Waals surface area contributed by atoms with Gasteiger partial charge in [0.2, 0.25) is 0 Å². The quantitative estimate of drug-likeness (QED) is 0.755. The van der Waals surface area contributed by atoms with Gasteiger partial charge >= 0.3 is 0 Å². The van der Waals surface area contributed by atoms with Crippen molar-refractivity contribution in [3.63, 3.8) is 0 Å². The minimum absolute atomic E-state index is 0.579. The zero-order valence-electron chi connectivity index (χ0n) is 13.1. The summed E-state index contributed by atoms with van der Waals surface area (Å²) in [5.74, 6) is 0.579. The van der Waals surface area contributed by atoms with Crippen LogP contribution in [0.25, 0.3) is 0 Å². The first-order valence-electron chi connectivity index (χ1n) is 7.38. The molecule has 20 heavy (non-hydrogen) atoms. The average molecular weight is 267 g/mol. The lowest BCUT2D eigenvalue weighted by Crippen LogP contribution is -2.18. The van der Waals surface area contributed by atoms with Gasteiger partial charge in [0.25, 0.3) is 0 Å². The molecule has 0 radical (unpaired) electrons. The minimum atomic E-state index is 0.579. The molecule has 1 nitrogen and oxygen atoms in total. The van der Waals surface area contributed by atoms with Gasteiger partial charge < -0.3 is 0 Å². The maximum atomic E-state index is 2.38. The van der Waals surface area contributed by atoms with Gasteiger partial charge in [0, 0.05) is 13.1 Å². The standard InChI is InChI=1S/C19H25N/c1-15(2)19-11-10-16(3)12-18(19)14-20(4)13-17-8-6-5-7-9-17/h5-12,15H,13-14H2,1-4H3. The van der Waals surface area contributed by atoms with Crippen molar-refractivity contribution in [2.45, 2.75) is 39.8 Å². The van der Waals surface area contributed by atoms with Gasteiger partial charge in [0.1, 0.15) is 0 Å². The molecule has 1 heteroatoms. The molecule has 0 spiro atoms. The van der Waals surface area contributed by atoms with Crippen molar-refractivity contribution >= 4 is 0 Å². The van der Waals surface area contributed by atoms with Crippen molar-refractivity contribution in [2.75, 3.05) is 7.05 Å². The zero-order chi connectivity index (χ0) is 14.5. The number of rotatable bonds is 5. The Kier molecular flexibility index (Phi) is 4.97. The van der Waals surface area contributed by atoms with Crippen LogP contribution < -0.4 is 0 Å². The first-order chi connectivity index (χ1) is 9.56. The van der Waals surface area contributed by atoms with E-state index in [1.165, 1.54) is 22.3 Å². The van der Waals surface area contributed by atoms with E-state index in [1.54, 1.807) is 0 Å². The van der Waals surface area contributed by atoms with Crippen LogP contribution in [0.3, 0.4) is 0 Å². The molecule has 0 saturated heterocycles. The molecular weight excluding hydrogens is 242 g/mol. The Morgan fingerprint density at radius 3 is 2.30 bits per heavy atom. The van der Waals surface area contributed by atoms with E-state index in [9.17, 15) is 0 Å². The maximum Gasteiger partial charge on any atom is 0.0237 e. The number of aryl methyl sites for hydroxylation is 1. The van der Waals surface area contributed by atoms with Crippen LogP contribution >= 0.6 is 0 Å². The van der Waals surface area contributed by atoms with Crippen LogP contribution in [0, 0.1) is 6.92 Å². The van der Waals surface area contributed by atoms with E-state index in [0.29, 0.717) is 5.92 Å². The Morgan fingerprint density at radius 1 is 0.950 bits per heavy atom. The van der Waals surface area contributed by atoms with Gasteiger partial charge in [0.15, 0.2) is 0 Å². The van der Waals surface area contributed by atoms with E-state index in [4.69, 9.17) is 0 Å². The van der Waals surface area contributed by atoms with E-state index in [1.807, 2.05) is 0 Å². The van der Waals surface area contributed by atoms with E-state index < -0.39 is 0 Å². The summed E-state index contributed by atoms with van der Waals surface area (Å²) in [5, 5.41) is 0. The lowest BCUT2D eigenvalue weighted by molar-refractivity contribution is 0.317. The van der Waals surface area contributed by atoms with Crippen LogP contribution in [-0.4, -0.2) is 11.9 Å². The fraction of sp³-hybridized carbons (Fsp3) is 0.368. The Hall–Kier alpha value is -1.60. The average Bonchev–Trinajstić information content (AvgIpc) is 2.39. The molecule has 0 N–H and O–H groups in total. The highest BCUT2D eigenvalue weighted by Crippen LogP contribution is 2.22. The van der Waals surface area contributed by atoms with E-state index in [0.717, 1.165) is 13.1 Å². The van der Waals surface area contributed by atoms with Gasteiger partial charge in [-0.15, -0.1) is 0 Å². The molecule has 2 aromatic carbocycles. The van der Waals surface area contributed by atoms with Crippen molar-refractivity contribution in [1.82, 2.24) is 4.90 Å². The summed E-state index contributed by atoms with van der Waals surface area (Å²) in [6.45, 7) is 8.71. The van der Waals surface area contributed by atoms with Gasteiger partial charge in [-0.05, 0) is 36.6 Å². The molecule has 0 amide bonds. The highest BCUT2D eigenvalue weighted by Gasteiger charge is 2.09. The summed E-state index contributed by atoms with van der Waals surface area (Å²) in [4.78, 5) is 2.38. The lowest BCUT2D eigenvalue weighted by Gasteiger charge is -2.21. The monoisotopic (exact) mass is 267 g/mol. The maximum absolute atomic E-state index is 2.38. The number of hydrogen-bond acceptors (Lipinski definition) is 1. The Bertz CT molecular complexity index is 543. The summed E-state index contributed by atoms with van der Waals surface area (Å²) in [6, 6.07) is 17.5. The predicted octanol–water partition coefficient (Wildman–Crippen LogP) is 4.75. The van der Waals surface area contributed by atoms with E-state index in [2.05, 4.69) is 81.2 Å². The Morgan fingerprint density at radius 2 is 1.65 bits per heavy atom. The van der Waals surface area contributed by atoms with Crippen LogP contribution in [0.4, 0.5) is 0 Å². The highest BCUT2D eigenvalue weighted by atomic mass is 15.1. The second-order valence-corrected chi connectivity index (χ2v) is 6.01. The van der Waals surface area contributed by atoms with Crippen LogP contribution in [0.5, 0.6) is 0 Å². The molecule has 0 saturated carbocycles. The number of nitrogens with zero attached hydrogens (tertiary/aromatic N) is 1. The first kappa shape index (κ1) is 14.8. The largest absolute Gasteiger partial charge is 0.298 e. The summed E-state index contributed by atoms with van der Waals surface area (Å²) in [6.07, 6.45) is 0. The molecule has 0 aliphatic rings. The van der Waals surface area contributed by atoms with Crippen LogP contribution in [0.15, 0.2) is 48.5 Å². The Balaban J connectivity index is 2.11. The van der Waals surface area contributed by atoms with Crippen LogP contribution in [0.2, 0.25) is 0 Å². The normalized spacial score (nSPS) is 11.3. The Labute approximate surface area is 123 Å². The molecule has 0 fully saturated rings. The first-order valence-corrected chi connectivity index (χ1v) is 7.38.